The van der Waals surface area contributed by atoms with Crippen LogP contribution >= 0.6 is 11.6 Å². The number of nitrogens with zero attached hydrogens (tertiary/aromatic N) is 4. The number of hydrogen-bond donors (Lipinski definition) is 5. The van der Waals surface area contributed by atoms with Gasteiger partial charge in [0.15, 0.2) is 0 Å². The number of halogens is 1. The van der Waals surface area contributed by atoms with Crippen LogP contribution in [0.25, 0.3) is 22.8 Å². The first-order chi connectivity index (χ1) is 22.9. The summed E-state index contributed by atoms with van der Waals surface area (Å²) in [5.74, 6) is 0.886. The van der Waals surface area contributed by atoms with Crippen molar-refractivity contribution in [3.63, 3.8) is 0 Å². The van der Waals surface area contributed by atoms with Crippen LogP contribution in [0.3, 0.4) is 0 Å². The van der Waals surface area contributed by atoms with Gasteiger partial charge in [0.1, 0.15) is 0 Å². The molecule has 0 radical (unpaired) electrons. The molecule has 2 spiro atoms. The molecule has 12 heteroatoms. The highest BCUT2D eigenvalue weighted by molar-refractivity contribution is 6.28. The van der Waals surface area contributed by atoms with Crippen molar-refractivity contribution in [1.29, 1.82) is 0 Å². The number of carbonyl (C=O) groups excluding carboxylic acids is 2. The van der Waals surface area contributed by atoms with Gasteiger partial charge in [-0.15, -0.1) is 0 Å². The van der Waals surface area contributed by atoms with Crippen LogP contribution in [0.5, 0.6) is 0 Å². The Labute approximate surface area is 276 Å². The summed E-state index contributed by atoms with van der Waals surface area (Å²) in [5.41, 5.74) is 12.3. The van der Waals surface area contributed by atoms with Crippen molar-refractivity contribution >= 4 is 29.4 Å². The number of carbonyl (C=O) groups is 2. The number of H-pyrrole nitrogens is 2. The Morgan fingerprint density at radius 3 is 1.81 bits per heavy atom. The number of hydrogen-bond acceptors (Lipinski definition) is 7. The van der Waals surface area contributed by atoms with Crippen LogP contribution in [-0.4, -0.2) is 58.8 Å². The molecule has 47 heavy (non-hydrogen) atoms. The Morgan fingerprint density at radius 1 is 0.723 bits per heavy atom. The highest BCUT2D eigenvalue weighted by Gasteiger charge is 2.50. The molecule has 0 aromatic carbocycles. The monoisotopic (exact) mass is 649 g/mol. The average Bonchev–Trinajstić information content (AvgIpc) is 3.75. The van der Waals surface area contributed by atoms with Gasteiger partial charge in [0.2, 0.25) is 11.2 Å². The SMILES string of the molecule is O=C1NC2(CC2)Cc2[nH]c3c(c21)CCc1cnc(Cl)nc1-3.O=C1NC2(CC2)Cc2[nH]c3c(c21)CCc1cnc(NC2CCCC2)nc1-3. The van der Waals surface area contributed by atoms with E-state index in [0.717, 1.165) is 132 Å². The van der Waals surface area contributed by atoms with Gasteiger partial charge in [-0.1, -0.05) is 12.8 Å². The maximum absolute atomic E-state index is 12.7. The zero-order valence-corrected chi connectivity index (χ0v) is 26.9. The van der Waals surface area contributed by atoms with E-state index in [1.54, 1.807) is 6.20 Å². The zero-order chi connectivity index (χ0) is 31.5. The van der Waals surface area contributed by atoms with E-state index in [0.29, 0.717) is 6.04 Å². The number of aromatic nitrogens is 6. The Balaban J connectivity index is 0.000000124. The summed E-state index contributed by atoms with van der Waals surface area (Å²) in [6, 6.07) is 0.494. The largest absolute Gasteiger partial charge is 0.356 e. The van der Waals surface area contributed by atoms with E-state index in [4.69, 9.17) is 16.6 Å². The molecule has 7 aliphatic rings. The van der Waals surface area contributed by atoms with E-state index in [1.165, 1.54) is 31.2 Å². The number of anilines is 1. The molecule has 3 fully saturated rings. The van der Waals surface area contributed by atoms with Crippen molar-refractivity contribution in [3.05, 3.63) is 62.4 Å². The highest BCUT2D eigenvalue weighted by Crippen LogP contribution is 2.46. The van der Waals surface area contributed by atoms with Crippen molar-refractivity contribution in [2.75, 3.05) is 5.32 Å². The smallest absolute Gasteiger partial charge is 0.253 e. The Bertz CT molecular complexity index is 2010. The minimum absolute atomic E-state index is 0.0175. The quantitative estimate of drug-likeness (QED) is 0.196. The van der Waals surface area contributed by atoms with Gasteiger partial charge in [-0.25, -0.2) is 19.9 Å². The lowest BCUT2D eigenvalue weighted by molar-refractivity contribution is 0.0908. The van der Waals surface area contributed by atoms with Gasteiger partial charge in [-0.05, 0) is 98.1 Å². The zero-order valence-electron chi connectivity index (χ0n) is 26.1. The molecule has 5 aliphatic carbocycles. The predicted molar refractivity (Wildman–Crippen MR) is 176 cm³/mol. The van der Waals surface area contributed by atoms with Crippen LogP contribution < -0.4 is 16.0 Å². The fourth-order valence-corrected chi connectivity index (χ4v) is 8.75. The molecule has 11 nitrogen and oxygen atoms in total. The van der Waals surface area contributed by atoms with E-state index in [9.17, 15) is 9.59 Å². The maximum Gasteiger partial charge on any atom is 0.253 e. The molecule has 0 unspecified atom stereocenters. The van der Waals surface area contributed by atoms with Crippen molar-refractivity contribution in [2.45, 2.75) is 107 Å². The van der Waals surface area contributed by atoms with E-state index >= 15 is 0 Å². The maximum atomic E-state index is 12.7. The third kappa shape index (κ3) is 4.52. The Morgan fingerprint density at radius 2 is 1.26 bits per heavy atom. The summed E-state index contributed by atoms with van der Waals surface area (Å²) < 4.78 is 0. The Hall–Kier alpha value is -4.25. The lowest BCUT2D eigenvalue weighted by Crippen LogP contribution is -2.43. The average molecular weight is 650 g/mol. The molecule has 2 amide bonds. The van der Waals surface area contributed by atoms with Gasteiger partial charge in [-0.2, -0.15) is 0 Å². The molecule has 4 aromatic heterocycles. The van der Waals surface area contributed by atoms with Gasteiger partial charge in [-0.3, -0.25) is 9.59 Å². The number of amides is 2. The summed E-state index contributed by atoms with van der Waals surface area (Å²) >= 11 is 5.94. The molecule has 6 heterocycles. The van der Waals surface area contributed by atoms with Crippen LogP contribution in [0.15, 0.2) is 12.4 Å². The lowest BCUT2D eigenvalue weighted by Gasteiger charge is -2.24. The summed E-state index contributed by atoms with van der Waals surface area (Å²) in [6.07, 6.45) is 18.4. The normalized spacial score (nSPS) is 21.6. The first-order valence-electron chi connectivity index (χ1n) is 17.1. The van der Waals surface area contributed by atoms with Gasteiger partial charge >= 0.3 is 0 Å². The van der Waals surface area contributed by atoms with Crippen molar-refractivity contribution in [3.8, 4) is 22.8 Å². The lowest BCUT2D eigenvalue weighted by atomic mass is 9.90. The van der Waals surface area contributed by atoms with E-state index in [2.05, 4.69) is 40.9 Å². The number of rotatable bonds is 2. The van der Waals surface area contributed by atoms with Gasteiger partial charge in [0, 0.05) is 53.7 Å². The topological polar surface area (TPSA) is 153 Å². The van der Waals surface area contributed by atoms with E-state index < -0.39 is 0 Å². The molecule has 4 aromatic rings. The molecule has 0 atom stereocenters. The second-order valence-corrected chi connectivity index (χ2v) is 15.0. The second kappa shape index (κ2) is 9.88. The Kier molecular flexibility index (Phi) is 5.85. The van der Waals surface area contributed by atoms with Crippen LogP contribution in [0.1, 0.15) is 106 Å². The summed E-state index contributed by atoms with van der Waals surface area (Å²) in [5, 5.41) is 10.2. The third-order valence-electron chi connectivity index (χ3n) is 11.5. The fraction of sp³-hybridized carbons (Fsp3) is 0.486. The van der Waals surface area contributed by atoms with E-state index in [-0.39, 0.29) is 28.2 Å². The molecular weight excluding hydrogens is 614 g/mol. The predicted octanol–water partition coefficient (Wildman–Crippen LogP) is 4.79. The van der Waals surface area contributed by atoms with Crippen molar-refractivity contribution < 1.29 is 9.59 Å². The van der Waals surface area contributed by atoms with Gasteiger partial charge < -0.3 is 25.9 Å². The van der Waals surface area contributed by atoms with Crippen LogP contribution in [0.2, 0.25) is 5.28 Å². The van der Waals surface area contributed by atoms with Crippen LogP contribution in [0, 0.1) is 0 Å². The van der Waals surface area contributed by atoms with Gasteiger partial charge in [0.25, 0.3) is 11.8 Å². The number of fused-ring (bicyclic) bond motifs is 10. The molecule has 0 saturated heterocycles. The van der Waals surface area contributed by atoms with Crippen molar-refractivity contribution in [2.24, 2.45) is 0 Å². The number of nitrogens with one attached hydrogen (secondary N) is 5. The summed E-state index contributed by atoms with van der Waals surface area (Å²) in [4.78, 5) is 50.0. The van der Waals surface area contributed by atoms with Crippen molar-refractivity contribution in [1.82, 2.24) is 40.5 Å². The first-order valence-corrected chi connectivity index (χ1v) is 17.5. The van der Waals surface area contributed by atoms with Gasteiger partial charge in [0.05, 0.1) is 33.9 Å². The molecule has 3 saturated carbocycles. The second-order valence-electron chi connectivity index (χ2n) is 14.7. The highest BCUT2D eigenvalue weighted by atomic mass is 35.5. The fourth-order valence-electron chi connectivity index (χ4n) is 8.62. The number of aromatic amines is 2. The minimum Gasteiger partial charge on any atom is -0.356 e. The molecule has 0 bridgehead atoms. The van der Waals surface area contributed by atoms with E-state index in [1.807, 2.05) is 6.20 Å². The number of aryl methyl sites for hydroxylation is 2. The molecule has 5 N–H and O–H groups in total. The summed E-state index contributed by atoms with van der Waals surface area (Å²) in [7, 11) is 0. The molecule has 11 rings (SSSR count). The standard InChI is InChI=1S/C20H23N5O.C15H13ClN4O/c26-18-15-13-6-5-11-10-21-19(22-12-3-1-2-4-12)24-16(11)17(13)23-14(15)9-20(25-18)7-8-20;16-14-17-6-7-1-2-8-10-9(18-12(8)11(7)19-14)5-15(3-4-15)20-13(10)21/h10,12,23H,1-9H2,(H,25,26)(H,21,22,24);6,18H,1-5H2,(H,20,21). The third-order valence-corrected chi connectivity index (χ3v) is 11.6. The molecule has 2 aliphatic heterocycles. The van der Waals surface area contributed by atoms with Crippen LogP contribution in [-0.2, 0) is 38.5 Å². The first kappa shape index (κ1) is 27.8. The molecule has 240 valence electrons. The molecular formula is C35H36ClN9O2. The summed E-state index contributed by atoms with van der Waals surface area (Å²) in [6.45, 7) is 0. The van der Waals surface area contributed by atoms with Crippen LogP contribution in [0.4, 0.5) is 5.95 Å². The minimum atomic E-state index is 0.0175.